The maximum Gasteiger partial charge on any atom is 0.195 e. The summed E-state index contributed by atoms with van der Waals surface area (Å²) in [5, 5.41) is 6.70. The van der Waals surface area contributed by atoms with Crippen LogP contribution in [0.2, 0.25) is 0 Å². The zero-order valence-electron chi connectivity index (χ0n) is 16.5. The van der Waals surface area contributed by atoms with E-state index < -0.39 is 0 Å². The highest BCUT2D eigenvalue weighted by Crippen LogP contribution is 2.30. The van der Waals surface area contributed by atoms with Crippen molar-refractivity contribution in [3.05, 3.63) is 18.2 Å². The van der Waals surface area contributed by atoms with E-state index in [0.717, 1.165) is 42.3 Å². The lowest BCUT2D eigenvalue weighted by atomic mass is 10.2. The van der Waals surface area contributed by atoms with Crippen molar-refractivity contribution in [2.24, 2.45) is 4.99 Å². The smallest absolute Gasteiger partial charge is 0.195 e. The summed E-state index contributed by atoms with van der Waals surface area (Å²) in [5.74, 6) is 2.21. The first-order chi connectivity index (χ1) is 12.1. The third-order valence-corrected chi connectivity index (χ3v) is 4.29. The molecule has 0 amide bonds. The summed E-state index contributed by atoms with van der Waals surface area (Å²) in [7, 11) is 3.43. The van der Waals surface area contributed by atoms with E-state index in [9.17, 15) is 0 Å². The van der Waals surface area contributed by atoms with E-state index in [1.165, 1.54) is 12.8 Å². The standard InChI is InChI=1S/C19H32N4O2.HI/c1-6-25-18-13-15(7-10-17(18)24-5)22-19(20-4)21-11-12-23(14(2)3)16-8-9-16;/h7,10,13-14,16H,6,8-9,11-12H2,1-5H3,(H2,20,21,22);1H. The minimum atomic E-state index is 0. The number of nitrogens with one attached hydrogen (secondary N) is 2. The van der Waals surface area contributed by atoms with Gasteiger partial charge in [0.15, 0.2) is 17.5 Å². The normalized spacial score (nSPS) is 14.2. The lowest BCUT2D eigenvalue weighted by Crippen LogP contribution is -2.41. The minimum Gasteiger partial charge on any atom is -0.493 e. The molecule has 148 valence electrons. The van der Waals surface area contributed by atoms with E-state index in [-0.39, 0.29) is 24.0 Å². The predicted molar refractivity (Wildman–Crippen MR) is 119 cm³/mol. The Bertz CT molecular complexity index is 575. The monoisotopic (exact) mass is 476 g/mol. The highest BCUT2D eigenvalue weighted by molar-refractivity contribution is 14.0. The first-order valence-corrected chi connectivity index (χ1v) is 9.13. The molecule has 0 radical (unpaired) electrons. The largest absolute Gasteiger partial charge is 0.493 e. The number of guanidine groups is 1. The summed E-state index contributed by atoms with van der Waals surface area (Å²) in [5.41, 5.74) is 0.917. The van der Waals surface area contributed by atoms with Gasteiger partial charge in [0.1, 0.15) is 0 Å². The van der Waals surface area contributed by atoms with Crippen molar-refractivity contribution in [2.45, 2.75) is 45.7 Å². The Labute approximate surface area is 174 Å². The van der Waals surface area contributed by atoms with E-state index in [1.54, 1.807) is 14.2 Å². The average Bonchev–Trinajstić information content (AvgIpc) is 3.42. The van der Waals surface area contributed by atoms with E-state index in [2.05, 4.69) is 34.4 Å². The fourth-order valence-electron chi connectivity index (χ4n) is 2.91. The summed E-state index contributed by atoms with van der Waals surface area (Å²) in [6.45, 7) is 8.97. The topological polar surface area (TPSA) is 58.1 Å². The summed E-state index contributed by atoms with van der Waals surface area (Å²) < 4.78 is 10.9. The third-order valence-electron chi connectivity index (χ3n) is 4.29. The molecule has 7 heteroatoms. The third kappa shape index (κ3) is 6.83. The van der Waals surface area contributed by atoms with Gasteiger partial charge in [0.2, 0.25) is 0 Å². The van der Waals surface area contributed by atoms with Crippen LogP contribution in [0.5, 0.6) is 11.5 Å². The number of aliphatic imine (C=N–C) groups is 1. The summed E-state index contributed by atoms with van der Waals surface area (Å²) >= 11 is 0. The van der Waals surface area contributed by atoms with E-state index in [0.29, 0.717) is 12.6 Å². The minimum absolute atomic E-state index is 0. The molecule has 1 aliphatic rings. The number of hydrogen-bond donors (Lipinski definition) is 2. The molecule has 1 aromatic rings. The molecule has 0 unspecified atom stereocenters. The molecule has 1 saturated carbocycles. The number of benzene rings is 1. The highest BCUT2D eigenvalue weighted by Gasteiger charge is 2.30. The van der Waals surface area contributed by atoms with Crippen molar-refractivity contribution in [1.29, 1.82) is 0 Å². The maximum atomic E-state index is 5.62. The molecule has 6 nitrogen and oxygen atoms in total. The number of rotatable bonds is 9. The van der Waals surface area contributed by atoms with Crippen LogP contribution in [0.4, 0.5) is 5.69 Å². The SMILES string of the molecule is CCOc1cc(NC(=NC)NCCN(C(C)C)C2CC2)ccc1OC.I. The molecule has 2 rings (SSSR count). The Hall–Kier alpha value is -1.22. The fourth-order valence-corrected chi connectivity index (χ4v) is 2.91. The van der Waals surface area contributed by atoms with Crippen molar-refractivity contribution >= 4 is 35.6 Å². The molecule has 1 aliphatic carbocycles. The van der Waals surface area contributed by atoms with E-state index >= 15 is 0 Å². The molecule has 0 aromatic heterocycles. The van der Waals surface area contributed by atoms with Crippen LogP contribution in [0.3, 0.4) is 0 Å². The van der Waals surface area contributed by atoms with Gasteiger partial charge in [0.25, 0.3) is 0 Å². The molecule has 1 fully saturated rings. The Morgan fingerprint density at radius 3 is 2.58 bits per heavy atom. The van der Waals surface area contributed by atoms with Crippen molar-refractivity contribution in [3.8, 4) is 11.5 Å². The second-order valence-corrected chi connectivity index (χ2v) is 6.49. The second-order valence-electron chi connectivity index (χ2n) is 6.49. The lowest BCUT2D eigenvalue weighted by molar-refractivity contribution is 0.215. The first-order valence-electron chi connectivity index (χ1n) is 9.13. The Morgan fingerprint density at radius 1 is 1.31 bits per heavy atom. The van der Waals surface area contributed by atoms with Gasteiger partial charge in [0.05, 0.1) is 13.7 Å². The van der Waals surface area contributed by atoms with Crippen molar-refractivity contribution in [3.63, 3.8) is 0 Å². The van der Waals surface area contributed by atoms with E-state index in [4.69, 9.17) is 9.47 Å². The molecule has 0 spiro atoms. The van der Waals surface area contributed by atoms with Gasteiger partial charge in [-0.15, -0.1) is 24.0 Å². The Kier molecular flexibility index (Phi) is 10.1. The highest BCUT2D eigenvalue weighted by atomic mass is 127. The van der Waals surface area contributed by atoms with Gasteiger partial charge < -0.3 is 20.1 Å². The van der Waals surface area contributed by atoms with Crippen molar-refractivity contribution in [1.82, 2.24) is 10.2 Å². The van der Waals surface area contributed by atoms with Crippen LogP contribution < -0.4 is 20.1 Å². The van der Waals surface area contributed by atoms with Crippen LogP contribution in [0.25, 0.3) is 0 Å². The number of methoxy groups -OCH3 is 1. The van der Waals surface area contributed by atoms with Crippen LogP contribution in [-0.2, 0) is 0 Å². The van der Waals surface area contributed by atoms with Crippen LogP contribution in [0.15, 0.2) is 23.2 Å². The molecule has 2 N–H and O–H groups in total. The molecule has 0 aliphatic heterocycles. The second kappa shape index (κ2) is 11.5. The first kappa shape index (κ1) is 22.8. The van der Waals surface area contributed by atoms with Gasteiger partial charge in [-0.1, -0.05) is 0 Å². The molecular formula is C19H33IN4O2. The molecule has 0 saturated heterocycles. The van der Waals surface area contributed by atoms with Gasteiger partial charge in [0, 0.05) is 44.0 Å². The van der Waals surface area contributed by atoms with E-state index in [1.807, 2.05) is 25.1 Å². The number of hydrogen-bond acceptors (Lipinski definition) is 4. The zero-order valence-corrected chi connectivity index (χ0v) is 18.9. The van der Waals surface area contributed by atoms with Gasteiger partial charge in [-0.05, 0) is 45.7 Å². The van der Waals surface area contributed by atoms with Gasteiger partial charge in [-0.3, -0.25) is 9.89 Å². The zero-order chi connectivity index (χ0) is 18.2. The number of ether oxygens (including phenoxy) is 2. The molecule has 0 heterocycles. The van der Waals surface area contributed by atoms with Gasteiger partial charge in [-0.25, -0.2) is 0 Å². The van der Waals surface area contributed by atoms with Crippen LogP contribution in [0.1, 0.15) is 33.6 Å². The van der Waals surface area contributed by atoms with Crippen LogP contribution >= 0.6 is 24.0 Å². The van der Waals surface area contributed by atoms with Gasteiger partial charge >= 0.3 is 0 Å². The number of halogens is 1. The molecule has 0 bridgehead atoms. The molecular weight excluding hydrogens is 443 g/mol. The quantitative estimate of drug-likeness (QED) is 0.324. The molecule has 26 heavy (non-hydrogen) atoms. The van der Waals surface area contributed by atoms with Gasteiger partial charge in [-0.2, -0.15) is 0 Å². The van der Waals surface area contributed by atoms with Crippen molar-refractivity contribution < 1.29 is 9.47 Å². The summed E-state index contributed by atoms with van der Waals surface area (Å²) in [4.78, 5) is 6.86. The number of nitrogens with zero attached hydrogens (tertiary/aromatic N) is 2. The summed E-state index contributed by atoms with van der Waals surface area (Å²) in [6, 6.07) is 7.14. The fraction of sp³-hybridized carbons (Fsp3) is 0.632. The van der Waals surface area contributed by atoms with Crippen molar-refractivity contribution in [2.75, 3.05) is 39.2 Å². The Morgan fingerprint density at radius 2 is 2.04 bits per heavy atom. The number of anilines is 1. The van der Waals surface area contributed by atoms with Crippen LogP contribution in [-0.4, -0.2) is 56.8 Å². The maximum absolute atomic E-state index is 5.62. The van der Waals surface area contributed by atoms with Crippen LogP contribution in [0, 0.1) is 0 Å². The molecule has 0 atom stereocenters. The lowest BCUT2D eigenvalue weighted by Gasteiger charge is -2.26. The average molecular weight is 476 g/mol. The molecule has 1 aromatic carbocycles. The summed E-state index contributed by atoms with van der Waals surface area (Å²) in [6.07, 6.45) is 2.66. The Balaban J connectivity index is 0.00000338. The predicted octanol–water partition coefficient (Wildman–Crippen LogP) is 3.57.